The van der Waals surface area contributed by atoms with Crippen molar-refractivity contribution in [3.05, 3.63) is 77.1 Å². The van der Waals surface area contributed by atoms with Crippen molar-refractivity contribution in [1.82, 2.24) is 44.4 Å². The first-order chi connectivity index (χ1) is 16.8. The molecule has 2 atom stereocenters. The molecule has 0 bridgehead atoms. The van der Waals surface area contributed by atoms with Crippen LogP contribution in [0.4, 0.5) is 10.1 Å². The second-order valence-corrected chi connectivity index (χ2v) is 9.01. The van der Waals surface area contributed by atoms with Gasteiger partial charge in [0.25, 0.3) is 0 Å². The van der Waals surface area contributed by atoms with Gasteiger partial charge in [0.1, 0.15) is 0 Å². The van der Waals surface area contributed by atoms with Crippen LogP contribution in [0.3, 0.4) is 0 Å². The number of nitrogens with zero attached hydrogens (tertiary/aromatic N) is 9. The summed E-state index contributed by atoms with van der Waals surface area (Å²) in [6.45, 7) is 1.98. The van der Waals surface area contributed by atoms with Gasteiger partial charge in [0.15, 0.2) is 11.5 Å². The first-order valence-corrected chi connectivity index (χ1v) is 11.1. The highest BCUT2D eigenvalue weighted by molar-refractivity contribution is 6.32. The zero-order valence-electron chi connectivity index (χ0n) is 18.6. The highest BCUT2D eigenvalue weighted by Crippen LogP contribution is 2.49. The van der Waals surface area contributed by atoms with Crippen LogP contribution in [-0.4, -0.2) is 50.3 Å². The third-order valence-electron chi connectivity index (χ3n) is 6.29. The van der Waals surface area contributed by atoms with Crippen molar-refractivity contribution in [1.29, 1.82) is 0 Å². The number of hydrogen-bond donors (Lipinski definition) is 1. The fraction of sp³-hybridized carbons (Fsp3) is 0.227. The zero-order valence-corrected chi connectivity index (χ0v) is 19.3. The summed E-state index contributed by atoms with van der Waals surface area (Å²) in [5.74, 6) is -1.17. The van der Waals surface area contributed by atoms with E-state index in [1.54, 1.807) is 16.9 Å². The Balaban J connectivity index is 1.38. The lowest BCUT2D eigenvalue weighted by molar-refractivity contribution is -0.117. The second kappa shape index (κ2) is 7.67. The molecule has 35 heavy (non-hydrogen) atoms. The van der Waals surface area contributed by atoms with Gasteiger partial charge in [-0.1, -0.05) is 11.6 Å². The summed E-state index contributed by atoms with van der Waals surface area (Å²) in [5.41, 5.74) is 2.17. The average molecular weight is 493 g/mol. The number of rotatable bonds is 4. The van der Waals surface area contributed by atoms with Crippen LogP contribution >= 0.6 is 11.6 Å². The molecule has 176 valence electrons. The standard InChI is InChI=1S/C22H18ClFN10O/c1-22(16-3-6-32(2)30-16)9-13(14-11-25-18-8-17(24)31-33(18)19(14)22)21(35)29-12-7-15(23)20(26-10-12)34-27-4-5-28-34/h3-8,10-11,13H,9H2,1-2H3,(H,29,35)/t13-,22-/m0/s1. The normalized spacial score (nSPS) is 19.3. The number of carbonyl (C=O) groups excluding carboxylic acids is 1. The molecule has 0 aliphatic heterocycles. The molecule has 0 saturated heterocycles. The first-order valence-electron chi connectivity index (χ1n) is 10.7. The van der Waals surface area contributed by atoms with Gasteiger partial charge >= 0.3 is 0 Å². The summed E-state index contributed by atoms with van der Waals surface area (Å²) in [6.07, 6.45) is 8.35. The van der Waals surface area contributed by atoms with Crippen LogP contribution < -0.4 is 5.32 Å². The van der Waals surface area contributed by atoms with E-state index in [2.05, 4.69) is 35.7 Å². The molecule has 6 rings (SSSR count). The predicted molar refractivity (Wildman–Crippen MR) is 123 cm³/mol. The minimum Gasteiger partial charge on any atom is -0.324 e. The molecule has 1 N–H and O–H groups in total. The Hall–Kier alpha value is -4.19. The summed E-state index contributed by atoms with van der Waals surface area (Å²) in [4.78, 5) is 23.4. The van der Waals surface area contributed by atoms with E-state index in [1.165, 1.54) is 34.0 Å². The Labute approximate surface area is 202 Å². The third-order valence-corrected chi connectivity index (χ3v) is 6.56. The maximum Gasteiger partial charge on any atom is 0.235 e. The molecule has 1 aliphatic rings. The number of aromatic nitrogens is 9. The second-order valence-electron chi connectivity index (χ2n) is 8.60. The van der Waals surface area contributed by atoms with Gasteiger partial charge < -0.3 is 5.32 Å². The van der Waals surface area contributed by atoms with E-state index in [-0.39, 0.29) is 10.9 Å². The Morgan fingerprint density at radius 1 is 1.20 bits per heavy atom. The largest absolute Gasteiger partial charge is 0.324 e. The maximum absolute atomic E-state index is 14.1. The minimum atomic E-state index is -0.705. The number of halogens is 2. The van der Waals surface area contributed by atoms with Crippen molar-refractivity contribution in [2.24, 2.45) is 7.05 Å². The minimum absolute atomic E-state index is 0.275. The van der Waals surface area contributed by atoms with E-state index < -0.39 is 17.3 Å². The van der Waals surface area contributed by atoms with Crippen molar-refractivity contribution in [2.75, 3.05) is 5.32 Å². The van der Waals surface area contributed by atoms with Gasteiger partial charge in [-0.2, -0.15) is 19.7 Å². The molecule has 0 radical (unpaired) electrons. The highest BCUT2D eigenvalue weighted by atomic mass is 35.5. The van der Waals surface area contributed by atoms with Crippen LogP contribution in [0.1, 0.15) is 36.2 Å². The first kappa shape index (κ1) is 21.4. The van der Waals surface area contributed by atoms with E-state index in [1.807, 2.05) is 26.2 Å². The number of fused-ring (bicyclic) bond motifs is 3. The predicted octanol–water partition coefficient (Wildman–Crippen LogP) is 2.66. The maximum atomic E-state index is 14.1. The number of anilines is 1. The van der Waals surface area contributed by atoms with E-state index in [0.717, 1.165) is 5.69 Å². The molecule has 11 nitrogen and oxygen atoms in total. The Bertz CT molecular complexity index is 1590. The molecule has 5 heterocycles. The molecule has 0 saturated carbocycles. The summed E-state index contributed by atoms with van der Waals surface area (Å²) >= 11 is 6.36. The van der Waals surface area contributed by atoms with Crippen LogP contribution in [0.5, 0.6) is 0 Å². The Morgan fingerprint density at radius 3 is 2.71 bits per heavy atom. The summed E-state index contributed by atoms with van der Waals surface area (Å²) in [6, 6.07) is 4.74. The molecule has 5 aromatic rings. The molecule has 1 aliphatic carbocycles. The van der Waals surface area contributed by atoms with Gasteiger partial charge in [-0.05, 0) is 25.5 Å². The van der Waals surface area contributed by atoms with Crippen LogP contribution in [0.25, 0.3) is 11.5 Å². The molecule has 0 fully saturated rings. The van der Waals surface area contributed by atoms with Crippen molar-refractivity contribution in [3.63, 3.8) is 0 Å². The van der Waals surface area contributed by atoms with Crippen LogP contribution in [-0.2, 0) is 17.3 Å². The number of aryl methyl sites for hydroxylation is 1. The van der Waals surface area contributed by atoms with Crippen molar-refractivity contribution < 1.29 is 9.18 Å². The molecular formula is C22H18ClFN10O. The van der Waals surface area contributed by atoms with Gasteiger partial charge in [0.2, 0.25) is 11.9 Å². The zero-order chi connectivity index (χ0) is 24.3. The number of amides is 1. The molecular weight excluding hydrogens is 475 g/mol. The summed E-state index contributed by atoms with van der Waals surface area (Å²) < 4.78 is 17.2. The van der Waals surface area contributed by atoms with Crippen LogP contribution in [0.15, 0.2) is 49.2 Å². The molecule has 13 heteroatoms. The van der Waals surface area contributed by atoms with Gasteiger partial charge in [-0.15, -0.1) is 9.90 Å². The van der Waals surface area contributed by atoms with Crippen LogP contribution in [0.2, 0.25) is 5.02 Å². The summed E-state index contributed by atoms with van der Waals surface area (Å²) in [5, 5.41) is 19.8. The van der Waals surface area contributed by atoms with Gasteiger partial charge in [0.05, 0.1) is 52.0 Å². The van der Waals surface area contributed by atoms with Crippen LogP contribution in [0, 0.1) is 5.95 Å². The summed E-state index contributed by atoms with van der Waals surface area (Å²) in [7, 11) is 1.82. The van der Waals surface area contributed by atoms with E-state index >= 15 is 0 Å². The van der Waals surface area contributed by atoms with Crippen molar-refractivity contribution >= 4 is 28.8 Å². The fourth-order valence-corrected chi connectivity index (χ4v) is 4.95. The lowest BCUT2D eigenvalue weighted by atomic mass is 9.82. The monoisotopic (exact) mass is 492 g/mol. The SMILES string of the molecule is Cn1ccc([C@]2(C)C[C@H](C(=O)Nc3cnc(-n4nccn4)c(Cl)c3)c3cnc4cc(F)nn4c32)n1. The average Bonchev–Trinajstić information content (AvgIpc) is 3.60. The van der Waals surface area contributed by atoms with Crippen molar-refractivity contribution in [3.8, 4) is 5.82 Å². The molecule has 0 aromatic carbocycles. The number of pyridine rings is 1. The third kappa shape index (κ3) is 3.36. The lowest BCUT2D eigenvalue weighted by Crippen LogP contribution is -2.26. The molecule has 1 amide bonds. The van der Waals surface area contributed by atoms with E-state index in [9.17, 15) is 9.18 Å². The Morgan fingerprint density at radius 2 is 2.00 bits per heavy atom. The lowest BCUT2D eigenvalue weighted by Gasteiger charge is -2.23. The van der Waals surface area contributed by atoms with E-state index in [4.69, 9.17) is 11.6 Å². The molecule has 5 aromatic heterocycles. The van der Waals surface area contributed by atoms with Gasteiger partial charge in [0, 0.05) is 31.1 Å². The van der Waals surface area contributed by atoms with Gasteiger partial charge in [-0.25, -0.2) is 14.5 Å². The molecule has 0 spiro atoms. The smallest absolute Gasteiger partial charge is 0.235 e. The topological polar surface area (TPSA) is 121 Å². The van der Waals surface area contributed by atoms with Gasteiger partial charge in [-0.3, -0.25) is 9.48 Å². The number of hydrogen-bond acceptors (Lipinski definition) is 7. The number of carbonyl (C=O) groups is 1. The fourth-order valence-electron chi connectivity index (χ4n) is 4.71. The van der Waals surface area contributed by atoms with Crippen molar-refractivity contribution in [2.45, 2.75) is 24.7 Å². The Kier molecular flexibility index (Phi) is 4.68. The molecule has 0 unspecified atom stereocenters. The highest BCUT2D eigenvalue weighted by Gasteiger charge is 2.48. The number of nitrogens with one attached hydrogen (secondary N) is 1. The quantitative estimate of drug-likeness (QED) is 0.409. The van der Waals surface area contributed by atoms with E-state index in [0.29, 0.717) is 34.8 Å².